The Kier molecular flexibility index (Phi) is 6.93. The van der Waals surface area contributed by atoms with E-state index in [1.54, 1.807) is 12.4 Å². The average Bonchev–Trinajstić information content (AvgIpc) is 2.36. The van der Waals surface area contributed by atoms with Crippen LogP contribution in [-0.2, 0) is 0 Å². The highest BCUT2D eigenvalue weighted by Gasteiger charge is 2.08. The van der Waals surface area contributed by atoms with Crippen molar-refractivity contribution in [3.05, 3.63) is 12.4 Å². The van der Waals surface area contributed by atoms with Gasteiger partial charge in [-0.1, -0.05) is 29.8 Å². The van der Waals surface area contributed by atoms with Crippen molar-refractivity contribution in [3.8, 4) is 5.88 Å². The van der Waals surface area contributed by atoms with Crippen molar-refractivity contribution in [2.75, 3.05) is 29.9 Å². The molecule has 4 nitrogen and oxygen atoms in total. The van der Waals surface area contributed by atoms with Crippen LogP contribution in [0.3, 0.4) is 0 Å². The van der Waals surface area contributed by atoms with E-state index in [4.69, 9.17) is 4.74 Å². The first-order valence-electron chi connectivity index (χ1n) is 6.07. The Hall–Kier alpha value is -0.840. The standard InChI is InChI=1S/C12H20BrN3O/c1-3-6-16(7-5-13)11-9-14-10-12(15-11)17-8-4-2/h9-10H,3-8H2,1-2H3. The van der Waals surface area contributed by atoms with Crippen LogP contribution in [0.1, 0.15) is 26.7 Å². The molecular weight excluding hydrogens is 282 g/mol. The van der Waals surface area contributed by atoms with Crippen LogP contribution in [0.25, 0.3) is 0 Å². The molecule has 0 aliphatic carbocycles. The van der Waals surface area contributed by atoms with E-state index in [2.05, 4.69) is 44.6 Å². The van der Waals surface area contributed by atoms with Crippen LogP contribution >= 0.6 is 15.9 Å². The number of hydrogen-bond acceptors (Lipinski definition) is 4. The van der Waals surface area contributed by atoms with Gasteiger partial charge in [0.1, 0.15) is 0 Å². The van der Waals surface area contributed by atoms with Gasteiger partial charge in [-0.05, 0) is 12.8 Å². The molecule has 1 aromatic rings. The van der Waals surface area contributed by atoms with E-state index in [1.807, 2.05) is 0 Å². The highest BCUT2D eigenvalue weighted by molar-refractivity contribution is 9.09. The molecular formula is C12H20BrN3O. The molecule has 0 bridgehead atoms. The maximum Gasteiger partial charge on any atom is 0.234 e. The van der Waals surface area contributed by atoms with E-state index in [9.17, 15) is 0 Å². The molecule has 1 aromatic heterocycles. The number of anilines is 1. The number of alkyl halides is 1. The Morgan fingerprint density at radius 1 is 1.24 bits per heavy atom. The summed E-state index contributed by atoms with van der Waals surface area (Å²) < 4.78 is 5.49. The van der Waals surface area contributed by atoms with Crippen LogP contribution in [0.15, 0.2) is 12.4 Å². The predicted molar refractivity (Wildman–Crippen MR) is 74.1 cm³/mol. The molecule has 96 valence electrons. The Bertz CT molecular complexity index is 316. The second-order valence-corrected chi connectivity index (χ2v) is 4.53. The smallest absolute Gasteiger partial charge is 0.234 e. The third kappa shape index (κ3) is 4.89. The maximum absolute atomic E-state index is 5.49. The molecule has 0 atom stereocenters. The zero-order valence-corrected chi connectivity index (χ0v) is 12.1. The van der Waals surface area contributed by atoms with E-state index >= 15 is 0 Å². The number of hydrogen-bond donors (Lipinski definition) is 0. The molecule has 17 heavy (non-hydrogen) atoms. The van der Waals surface area contributed by atoms with Gasteiger partial charge in [-0.25, -0.2) is 0 Å². The summed E-state index contributed by atoms with van der Waals surface area (Å²) in [6.07, 6.45) is 5.52. The van der Waals surface area contributed by atoms with Gasteiger partial charge in [0.25, 0.3) is 0 Å². The number of halogens is 1. The van der Waals surface area contributed by atoms with Crippen LogP contribution in [0.5, 0.6) is 5.88 Å². The summed E-state index contributed by atoms with van der Waals surface area (Å²) in [5.41, 5.74) is 0. The van der Waals surface area contributed by atoms with Crippen molar-refractivity contribution in [1.82, 2.24) is 9.97 Å². The topological polar surface area (TPSA) is 38.2 Å². The van der Waals surface area contributed by atoms with Gasteiger partial charge in [0, 0.05) is 18.4 Å². The highest BCUT2D eigenvalue weighted by Crippen LogP contribution is 2.14. The number of aromatic nitrogens is 2. The second kappa shape index (κ2) is 8.28. The van der Waals surface area contributed by atoms with Crippen molar-refractivity contribution in [2.45, 2.75) is 26.7 Å². The fourth-order valence-electron chi connectivity index (χ4n) is 1.48. The van der Waals surface area contributed by atoms with Crippen LogP contribution in [0.2, 0.25) is 0 Å². The predicted octanol–water partition coefficient (Wildman–Crippen LogP) is 2.88. The Morgan fingerprint density at radius 3 is 2.71 bits per heavy atom. The zero-order valence-electron chi connectivity index (χ0n) is 10.5. The Labute approximate surface area is 112 Å². The lowest BCUT2D eigenvalue weighted by molar-refractivity contribution is 0.304. The summed E-state index contributed by atoms with van der Waals surface area (Å²) in [4.78, 5) is 10.9. The van der Waals surface area contributed by atoms with Crippen LogP contribution in [0, 0.1) is 0 Å². The maximum atomic E-state index is 5.49. The lowest BCUT2D eigenvalue weighted by atomic mass is 10.4. The summed E-state index contributed by atoms with van der Waals surface area (Å²) >= 11 is 3.46. The summed E-state index contributed by atoms with van der Waals surface area (Å²) in [5.74, 6) is 1.50. The van der Waals surface area contributed by atoms with Gasteiger partial charge >= 0.3 is 0 Å². The molecule has 0 radical (unpaired) electrons. The minimum absolute atomic E-state index is 0.611. The number of rotatable bonds is 8. The zero-order chi connectivity index (χ0) is 12.5. The monoisotopic (exact) mass is 301 g/mol. The molecule has 0 N–H and O–H groups in total. The van der Waals surface area contributed by atoms with Gasteiger partial charge in [-0.2, -0.15) is 4.98 Å². The van der Waals surface area contributed by atoms with Crippen LogP contribution < -0.4 is 9.64 Å². The SMILES string of the molecule is CCCOc1cncc(N(CCC)CCBr)n1. The summed E-state index contributed by atoms with van der Waals surface area (Å²) in [7, 11) is 0. The lowest BCUT2D eigenvalue weighted by Gasteiger charge is -2.21. The average molecular weight is 302 g/mol. The Balaban J connectivity index is 2.72. The molecule has 0 fully saturated rings. The van der Waals surface area contributed by atoms with E-state index in [0.29, 0.717) is 12.5 Å². The summed E-state index contributed by atoms with van der Waals surface area (Å²) in [5, 5.41) is 0.925. The molecule has 1 rings (SSSR count). The first-order chi connectivity index (χ1) is 8.31. The van der Waals surface area contributed by atoms with E-state index in [1.165, 1.54) is 0 Å². The molecule has 5 heteroatoms. The third-order valence-electron chi connectivity index (χ3n) is 2.23. The minimum Gasteiger partial charge on any atom is -0.477 e. The first-order valence-corrected chi connectivity index (χ1v) is 7.19. The van der Waals surface area contributed by atoms with Crippen molar-refractivity contribution in [2.24, 2.45) is 0 Å². The van der Waals surface area contributed by atoms with Gasteiger partial charge in [-0.15, -0.1) is 0 Å². The van der Waals surface area contributed by atoms with E-state index in [0.717, 1.165) is 37.1 Å². The molecule has 0 aliphatic heterocycles. The number of nitrogens with zero attached hydrogens (tertiary/aromatic N) is 3. The van der Waals surface area contributed by atoms with Gasteiger partial charge in [0.15, 0.2) is 5.82 Å². The largest absolute Gasteiger partial charge is 0.477 e. The van der Waals surface area contributed by atoms with Gasteiger partial charge < -0.3 is 9.64 Å². The molecule has 0 saturated heterocycles. The van der Waals surface area contributed by atoms with Crippen LogP contribution in [0.4, 0.5) is 5.82 Å². The summed E-state index contributed by atoms with van der Waals surface area (Å²) in [6.45, 7) is 6.83. The Morgan fingerprint density at radius 2 is 2.06 bits per heavy atom. The fraction of sp³-hybridized carbons (Fsp3) is 0.667. The highest BCUT2D eigenvalue weighted by atomic mass is 79.9. The fourth-order valence-corrected chi connectivity index (χ4v) is 1.91. The molecule has 0 saturated carbocycles. The van der Waals surface area contributed by atoms with Gasteiger partial charge in [0.05, 0.1) is 19.0 Å². The molecule has 0 amide bonds. The third-order valence-corrected chi connectivity index (χ3v) is 2.58. The van der Waals surface area contributed by atoms with E-state index < -0.39 is 0 Å². The minimum atomic E-state index is 0.611. The molecule has 1 heterocycles. The molecule has 0 unspecified atom stereocenters. The first kappa shape index (κ1) is 14.2. The van der Waals surface area contributed by atoms with Crippen molar-refractivity contribution < 1.29 is 4.74 Å². The quantitative estimate of drug-likeness (QED) is 0.692. The molecule has 0 spiro atoms. The van der Waals surface area contributed by atoms with E-state index in [-0.39, 0.29) is 0 Å². The van der Waals surface area contributed by atoms with Crippen molar-refractivity contribution in [1.29, 1.82) is 0 Å². The molecule has 0 aliphatic rings. The molecule has 0 aromatic carbocycles. The van der Waals surface area contributed by atoms with Gasteiger partial charge in [0.2, 0.25) is 5.88 Å². The van der Waals surface area contributed by atoms with Crippen molar-refractivity contribution in [3.63, 3.8) is 0 Å². The summed E-state index contributed by atoms with van der Waals surface area (Å²) in [6, 6.07) is 0. The van der Waals surface area contributed by atoms with Gasteiger partial charge in [-0.3, -0.25) is 4.98 Å². The second-order valence-electron chi connectivity index (χ2n) is 3.74. The number of ether oxygens (including phenoxy) is 1. The normalized spacial score (nSPS) is 10.3. The lowest BCUT2D eigenvalue weighted by Crippen LogP contribution is -2.27. The van der Waals surface area contributed by atoms with Crippen LogP contribution in [-0.4, -0.2) is 35.0 Å². The van der Waals surface area contributed by atoms with Crippen molar-refractivity contribution >= 4 is 21.7 Å².